The second-order valence-corrected chi connectivity index (χ2v) is 8.39. The van der Waals surface area contributed by atoms with Crippen molar-refractivity contribution >= 4 is 29.1 Å². The van der Waals surface area contributed by atoms with Gasteiger partial charge in [0, 0.05) is 17.1 Å². The van der Waals surface area contributed by atoms with Crippen LogP contribution in [0.3, 0.4) is 0 Å². The third-order valence-electron chi connectivity index (χ3n) is 5.71. The molecule has 1 amide bonds. The van der Waals surface area contributed by atoms with Crippen molar-refractivity contribution < 1.29 is 19.8 Å². The second kappa shape index (κ2) is 8.52. The molecule has 5 nitrogen and oxygen atoms in total. The third-order valence-corrected chi connectivity index (χ3v) is 5.96. The van der Waals surface area contributed by atoms with E-state index in [-0.39, 0.29) is 23.6 Å². The molecular weight excluding hydrogens is 426 g/mol. The molecule has 1 heterocycles. The number of carbonyl (C=O) groups excluding carboxylic acids is 2. The maximum atomic E-state index is 13.1. The number of aliphatic hydroxyl groups is 1. The molecule has 0 bridgehead atoms. The highest BCUT2D eigenvalue weighted by atomic mass is 35.5. The predicted octanol–water partition coefficient (Wildman–Crippen LogP) is 5.28. The lowest BCUT2D eigenvalue weighted by Gasteiger charge is -2.26. The van der Waals surface area contributed by atoms with Crippen molar-refractivity contribution in [3.8, 4) is 5.75 Å². The Hall–Kier alpha value is -3.57. The lowest BCUT2D eigenvalue weighted by molar-refractivity contribution is -0.140. The Kier molecular flexibility index (Phi) is 5.76. The Morgan fingerprint density at radius 2 is 1.62 bits per heavy atom. The molecule has 0 spiro atoms. The van der Waals surface area contributed by atoms with Crippen LogP contribution in [-0.4, -0.2) is 26.8 Å². The highest BCUT2D eigenvalue weighted by Gasteiger charge is 2.46. The Morgan fingerprint density at radius 3 is 2.28 bits per heavy atom. The van der Waals surface area contributed by atoms with E-state index in [1.54, 1.807) is 36.4 Å². The standard InChI is InChI=1S/C26H22ClNO4/c1-15-3-4-16(2)19(13-15)14-28-23(17-7-11-21(29)12-8-17)22(25(31)26(28)32)24(30)18-5-9-20(27)10-6-18/h3-13,23,29-30H,14H2,1-2H3/b24-22+. The molecule has 6 heteroatoms. The van der Waals surface area contributed by atoms with Gasteiger partial charge in [-0.15, -0.1) is 0 Å². The number of benzene rings is 3. The number of phenols is 1. The zero-order valence-electron chi connectivity index (χ0n) is 17.7. The average Bonchev–Trinajstić information content (AvgIpc) is 3.02. The minimum absolute atomic E-state index is 0.00770. The molecule has 0 aromatic heterocycles. The molecule has 1 aliphatic heterocycles. The number of aryl methyl sites for hydroxylation is 2. The zero-order chi connectivity index (χ0) is 23.0. The fourth-order valence-electron chi connectivity index (χ4n) is 3.96. The number of hydrogen-bond acceptors (Lipinski definition) is 4. The van der Waals surface area contributed by atoms with E-state index in [2.05, 4.69) is 0 Å². The zero-order valence-corrected chi connectivity index (χ0v) is 18.4. The topological polar surface area (TPSA) is 77.8 Å². The molecule has 3 aromatic rings. The predicted molar refractivity (Wildman–Crippen MR) is 123 cm³/mol. The van der Waals surface area contributed by atoms with Crippen molar-refractivity contribution in [2.45, 2.75) is 26.4 Å². The second-order valence-electron chi connectivity index (χ2n) is 7.96. The first-order valence-electron chi connectivity index (χ1n) is 10.2. The van der Waals surface area contributed by atoms with Crippen LogP contribution < -0.4 is 0 Å². The lowest BCUT2D eigenvalue weighted by atomic mass is 9.95. The number of carbonyl (C=O) groups is 2. The van der Waals surface area contributed by atoms with Crippen LogP contribution in [0, 0.1) is 13.8 Å². The third kappa shape index (κ3) is 3.99. The first-order chi connectivity index (χ1) is 15.3. The molecule has 32 heavy (non-hydrogen) atoms. The van der Waals surface area contributed by atoms with Crippen LogP contribution in [0.15, 0.2) is 72.3 Å². The van der Waals surface area contributed by atoms with Gasteiger partial charge in [0.25, 0.3) is 11.7 Å². The van der Waals surface area contributed by atoms with Gasteiger partial charge in [-0.25, -0.2) is 0 Å². The molecule has 0 aliphatic carbocycles. The number of rotatable bonds is 4. The Bertz CT molecular complexity index is 1230. The van der Waals surface area contributed by atoms with Crippen molar-refractivity contribution in [1.82, 2.24) is 4.90 Å². The van der Waals surface area contributed by atoms with E-state index in [9.17, 15) is 19.8 Å². The van der Waals surface area contributed by atoms with Crippen molar-refractivity contribution in [2.24, 2.45) is 0 Å². The van der Waals surface area contributed by atoms with Crippen LogP contribution in [-0.2, 0) is 16.1 Å². The van der Waals surface area contributed by atoms with E-state index in [4.69, 9.17) is 11.6 Å². The highest BCUT2D eigenvalue weighted by molar-refractivity contribution is 6.46. The first-order valence-corrected chi connectivity index (χ1v) is 10.5. The number of ketones is 1. The summed E-state index contributed by atoms with van der Waals surface area (Å²) >= 11 is 5.96. The summed E-state index contributed by atoms with van der Waals surface area (Å²) in [5.74, 6) is -1.63. The van der Waals surface area contributed by atoms with Crippen molar-refractivity contribution in [3.05, 3.63) is 105 Å². The van der Waals surface area contributed by atoms with Crippen LogP contribution in [0.5, 0.6) is 5.75 Å². The van der Waals surface area contributed by atoms with Gasteiger partial charge in [-0.05, 0) is 66.9 Å². The SMILES string of the molecule is Cc1ccc(C)c(CN2C(=O)C(=O)/C(=C(/O)c3ccc(Cl)cc3)C2c2ccc(O)cc2)c1. The molecule has 1 unspecified atom stereocenters. The normalized spacial score (nSPS) is 17.7. The van der Waals surface area contributed by atoms with Gasteiger partial charge in [-0.3, -0.25) is 9.59 Å². The summed E-state index contributed by atoms with van der Waals surface area (Å²) in [5, 5.41) is 21.3. The molecule has 1 aliphatic rings. The fourth-order valence-corrected chi connectivity index (χ4v) is 4.09. The Balaban J connectivity index is 1.87. The van der Waals surface area contributed by atoms with E-state index in [1.807, 2.05) is 32.0 Å². The number of amides is 1. The van der Waals surface area contributed by atoms with Crippen LogP contribution in [0.2, 0.25) is 5.02 Å². The van der Waals surface area contributed by atoms with Gasteiger partial charge in [-0.2, -0.15) is 0 Å². The summed E-state index contributed by atoms with van der Waals surface area (Å²) in [6.07, 6.45) is 0. The van der Waals surface area contributed by atoms with Gasteiger partial charge in [0.2, 0.25) is 0 Å². The van der Waals surface area contributed by atoms with E-state index in [0.717, 1.165) is 16.7 Å². The van der Waals surface area contributed by atoms with Gasteiger partial charge in [0.1, 0.15) is 11.5 Å². The van der Waals surface area contributed by atoms with Gasteiger partial charge in [0.15, 0.2) is 0 Å². The molecule has 2 N–H and O–H groups in total. The molecule has 0 radical (unpaired) electrons. The van der Waals surface area contributed by atoms with Gasteiger partial charge >= 0.3 is 0 Å². The maximum absolute atomic E-state index is 13.1. The average molecular weight is 448 g/mol. The quantitative estimate of drug-likeness (QED) is 0.324. The molecule has 1 fully saturated rings. The van der Waals surface area contributed by atoms with E-state index in [0.29, 0.717) is 16.1 Å². The summed E-state index contributed by atoms with van der Waals surface area (Å²) < 4.78 is 0. The highest BCUT2D eigenvalue weighted by Crippen LogP contribution is 2.41. The van der Waals surface area contributed by atoms with E-state index < -0.39 is 17.7 Å². The fraction of sp³-hybridized carbons (Fsp3) is 0.154. The van der Waals surface area contributed by atoms with Crippen LogP contribution in [0.1, 0.15) is 33.9 Å². The lowest BCUT2D eigenvalue weighted by Crippen LogP contribution is -2.29. The largest absolute Gasteiger partial charge is 0.508 e. The minimum atomic E-state index is -0.800. The van der Waals surface area contributed by atoms with Gasteiger partial charge in [0.05, 0.1) is 11.6 Å². The number of hydrogen-bond donors (Lipinski definition) is 2. The minimum Gasteiger partial charge on any atom is -0.508 e. The van der Waals surface area contributed by atoms with E-state index >= 15 is 0 Å². The van der Waals surface area contributed by atoms with Gasteiger partial charge in [-0.1, -0.05) is 47.5 Å². The Morgan fingerprint density at radius 1 is 0.969 bits per heavy atom. The summed E-state index contributed by atoms with van der Waals surface area (Å²) in [6.45, 7) is 4.13. The number of aromatic hydroxyl groups is 1. The van der Waals surface area contributed by atoms with Crippen LogP contribution in [0.25, 0.3) is 5.76 Å². The number of Topliss-reactive ketones (excluding diaryl/α,β-unsaturated/α-hetero) is 1. The van der Waals surface area contributed by atoms with Crippen molar-refractivity contribution in [1.29, 1.82) is 0 Å². The molecule has 3 aromatic carbocycles. The summed E-state index contributed by atoms with van der Waals surface area (Å²) in [5.41, 5.74) is 3.98. The molecule has 162 valence electrons. The molecular formula is C26H22ClNO4. The number of nitrogens with zero attached hydrogens (tertiary/aromatic N) is 1. The maximum Gasteiger partial charge on any atom is 0.295 e. The van der Waals surface area contributed by atoms with E-state index in [1.165, 1.54) is 17.0 Å². The first kappa shape index (κ1) is 21.7. The number of likely N-dealkylation sites (tertiary alicyclic amines) is 1. The van der Waals surface area contributed by atoms with Crippen molar-refractivity contribution in [3.63, 3.8) is 0 Å². The molecule has 1 atom stereocenters. The molecule has 1 saturated heterocycles. The number of phenolic OH excluding ortho intramolecular Hbond substituents is 1. The summed E-state index contributed by atoms with van der Waals surface area (Å²) in [6, 6.07) is 17.9. The summed E-state index contributed by atoms with van der Waals surface area (Å²) in [4.78, 5) is 27.7. The van der Waals surface area contributed by atoms with Crippen molar-refractivity contribution in [2.75, 3.05) is 0 Å². The van der Waals surface area contributed by atoms with Crippen LogP contribution in [0.4, 0.5) is 0 Å². The molecule has 0 saturated carbocycles. The smallest absolute Gasteiger partial charge is 0.295 e. The monoisotopic (exact) mass is 447 g/mol. The number of aliphatic hydroxyl groups excluding tert-OH is 1. The van der Waals surface area contributed by atoms with Gasteiger partial charge < -0.3 is 15.1 Å². The molecule has 4 rings (SSSR count). The number of halogens is 1. The Labute approximate surface area is 191 Å². The van der Waals surface area contributed by atoms with Crippen LogP contribution >= 0.6 is 11.6 Å². The summed E-state index contributed by atoms with van der Waals surface area (Å²) in [7, 11) is 0.